The Labute approximate surface area is 156 Å². The van der Waals surface area contributed by atoms with Crippen molar-refractivity contribution < 1.29 is 13.9 Å². The molecule has 3 rings (SSSR count). The number of ether oxygens (including phenoxy) is 1. The first kappa shape index (κ1) is 17.8. The highest BCUT2D eigenvalue weighted by molar-refractivity contribution is 9.10. The lowest BCUT2D eigenvalue weighted by atomic mass is 10.2. The van der Waals surface area contributed by atoms with E-state index in [-0.39, 0.29) is 18.1 Å². The molecule has 1 aromatic carbocycles. The number of hydrogen-bond acceptors (Lipinski definition) is 6. The smallest absolute Gasteiger partial charge is 0.318 e. The lowest BCUT2D eigenvalue weighted by molar-refractivity contribution is -0.139. The molecule has 0 aliphatic rings. The molecule has 0 saturated heterocycles. The zero-order valence-corrected chi connectivity index (χ0v) is 16.0. The van der Waals surface area contributed by atoms with Crippen LogP contribution in [0.3, 0.4) is 0 Å². The fourth-order valence-corrected chi connectivity index (χ4v) is 3.63. The average molecular weight is 423 g/mol. The van der Waals surface area contributed by atoms with Gasteiger partial charge in [-0.2, -0.15) is 0 Å². The highest BCUT2D eigenvalue weighted by Gasteiger charge is 2.20. The first-order valence-corrected chi connectivity index (χ1v) is 9.14. The van der Waals surface area contributed by atoms with Gasteiger partial charge in [-0.25, -0.2) is 4.98 Å². The summed E-state index contributed by atoms with van der Waals surface area (Å²) in [6.07, 6.45) is 1.55. The number of nitrogens with zero attached hydrogens (tertiary/aromatic N) is 2. The van der Waals surface area contributed by atoms with E-state index in [1.54, 1.807) is 37.5 Å². The van der Waals surface area contributed by atoms with Gasteiger partial charge in [0.25, 0.3) is 5.56 Å². The molecule has 0 aliphatic carbocycles. The Morgan fingerprint density at radius 1 is 1.44 bits per heavy atom. The molecule has 25 heavy (non-hydrogen) atoms. The third-order valence-corrected chi connectivity index (χ3v) is 5.15. The van der Waals surface area contributed by atoms with Gasteiger partial charge in [-0.15, -0.1) is 0 Å². The zero-order chi connectivity index (χ0) is 18.0. The van der Waals surface area contributed by atoms with Gasteiger partial charge in [0.15, 0.2) is 5.16 Å². The number of benzene rings is 1. The fourth-order valence-electron chi connectivity index (χ4n) is 2.33. The maximum atomic E-state index is 13.0. The van der Waals surface area contributed by atoms with Crippen molar-refractivity contribution in [3.05, 3.63) is 57.2 Å². The van der Waals surface area contributed by atoms with Gasteiger partial charge in [0, 0.05) is 4.47 Å². The molecular formula is C17H15BrN2O4S. The summed E-state index contributed by atoms with van der Waals surface area (Å²) in [6, 6.07) is 8.88. The molecule has 0 saturated carbocycles. The van der Waals surface area contributed by atoms with Crippen LogP contribution in [-0.4, -0.2) is 27.9 Å². The van der Waals surface area contributed by atoms with Crippen molar-refractivity contribution in [2.24, 2.45) is 0 Å². The van der Waals surface area contributed by atoms with E-state index in [0.29, 0.717) is 21.8 Å². The van der Waals surface area contributed by atoms with Crippen LogP contribution in [0.5, 0.6) is 0 Å². The second-order valence-electron chi connectivity index (χ2n) is 5.31. The Morgan fingerprint density at radius 2 is 2.24 bits per heavy atom. The quantitative estimate of drug-likeness (QED) is 0.356. The third kappa shape index (κ3) is 3.80. The lowest BCUT2D eigenvalue weighted by Crippen LogP contribution is -2.25. The van der Waals surface area contributed by atoms with Gasteiger partial charge < -0.3 is 9.15 Å². The number of esters is 1. The largest absolute Gasteiger partial charge is 0.468 e. The zero-order valence-electron chi connectivity index (χ0n) is 13.6. The molecule has 6 nitrogen and oxygen atoms in total. The van der Waals surface area contributed by atoms with Gasteiger partial charge >= 0.3 is 5.97 Å². The molecule has 8 heteroatoms. The van der Waals surface area contributed by atoms with Crippen LogP contribution in [0.2, 0.25) is 0 Å². The van der Waals surface area contributed by atoms with Gasteiger partial charge in [0.05, 0.1) is 30.8 Å². The third-order valence-electron chi connectivity index (χ3n) is 3.59. The summed E-state index contributed by atoms with van der Waals surface area (Å²) >= 11 is 4.56. The maximum Gasteiger partial charge on any atom is 0.318 e. The number of halogens is 1. The van der Waals surface area contributed by atoms with Crippen molar-refractivity contribution in [2.45, 2.75) is 23.9 Å². The van der Waals surface area contributed by atoms with Crippen molar-refractivity contribution in [1.29, 1.82) is 0 Å². The number of hydrogen-bond donors (Lipinski definition) is 0. The number of carbonyl (C=O) groups excluding carboxylic acids is 1. The number of furan rings is 1. The second kappa shape index (κ2) is 7.45. The molecule has 2 heterocycles. The Hall–Kier alpha value is -2.06. The van der Waals surface area contributed by atoms with E-state index in [1.165, 1.54) is 23.4 Å². The van der Waals surface area contributed by atoms with E-state index < -0.39 is 5.25 Å². The van der Waals surface area contributed by atoms with Gasteiger partial charge in [0.1, 0.15) is 11.0 Å². The molecule has 3 aromatic rings. The van der Waals surface area contributed by atoms with Crippen molar-refractivity contribution in [1.82, 2.24) is 9.55 Å². The molecule has 0 N–H and O–H groups in total. The van der Waals surface area contributed by atoms with Gasteiger partial charge in [-0.3, -0.25) is 14.2 Å². The molecule has 0 amide bonds. The minimum atomic E-state index is -0.493. The van der Waals surface area contributed by atoms with Crippen LogP contribution in [0.25, 0.3) is 10.9 Å². The Bertz CT molecular complexity index is 969. The summed E-state index contributed by atoms with van der Waals surface area (Å²) in [7, 11) is 1.33. The van der Waals surface area contributed by atoms with Crippen molar-refractivity contribution in [2.75, 3.05) is 7.11 Å². The molecule has 130 valence electrons. The van der Waals surface area contributed by atoms with Crippen LogP contribution in [0.1, 0.15) is 12.7 Å². The number of rotatable bonds is 5. The van der Waals surface area contributed by atoms with Crippen LogP contribution >= 0.6 is 27.7 Å². The molecular weight excluding hydrogens is 408 g/mol. The molecule has 0 unspecified atom stereocenters. The lowest BCUT2D eigenvalue weighted by Gasteiger charge is -2.14. The van der Waals surface area contributed by atoms with Gasteiger partial charge in [-0.05, 0) is 37.3 Å². The van der Waals surface area contributed by atoms with E-state index in [9.17, 15) is 9.59 Å². The summed E-state index contributed by atoms with van der Waals surface area (Å²) in [6.45, 7) is 1.95. The first-order chi connectivity index (χ1) is 12.0. The topological polar surface area (TPSA) is 74.3 Å². The predicted octanol–water partition coefficient (Wildman–Crippen LogP) is 3.45. The average Bonchev–Trinajstić information content (AvgIpc) is 3.11. The molecule has 0 spiro atoms. The molecule has 2 aromatic heterocycles. The van der Waals surface area contributed by atoms with E-state index in [1.807, 2.05) is 6.07 Å². The SMILES string of the molecule is COC(=O)[C@@H](C)Sc1nc2ccc(Br)cc2c(=O)n1Cc1ccco1. The highest BCUT2D eigenvalue weighted by atomic mass is 79.9. The molecule has 0 fully saturated rings. The Kier molecular flexibility index (Phi) is 5.29. The molecule has 0 bridgehead atoms. The van der Waals surface area contributed by atoms with Gasteiger partial charge in [0.2, 0.25) is 0 Å². The minimum absolute atomic E-state index is 0.192. The minimum Gasteiger partial charge on any atom is -0.468 e. The van der Waals surface area contributed by atoms with Crippen LogP contribution in [0, 0.1) is 0 Å². The number of aromatic nitrogens is 2. The molecule has 1 atom stereocenters. The summed E-state index contributed by atoms with van der Waals surface area (Å²) in [5.74, 6) is 0.255. The first-order valence-electron chi connectivity index (χ1n) is 7.46. The normalized spacial score (nSPS) is 12.3. The fraction of sp³-hybridized carbons (Fsp3) is 0.235. The number of thioether (sulfide) groups is 1. The predicted molar refractivity (Wildman–Crippen MR) is 98.8 cm³/mol. The number of fused-ring (bicyclic) bond motifs is 1. The highest BCUT2D eigenvalue weighted by Crippen LogP contribution is 2.25. The summed E-state index contributed by atoms with van der Waals surface area (Å²) in [4.78, 5) is 29.3. The van der Waals surface area contributed by atoms with E-state index in [0.717, 1.165) is 4.47 Å². The van der Waals surface area contributed by atoms with E-state index in [4.69, 9.17) is 9.15 Å². The molecule has 0 aliphatic heterocycles. The Balaban J connectivity index is 2.13. The van der Waals surface area contributed by atoms with E-state index in [2.05, 4.69) is 20.9 Å². The maximum absolute atomic E-state index is 13.0. The Morgan fingerprint density at radius 3 is 2.92 bits per heavy atom. The van der Waals surface area contributed by atoms with Crippen molar-refractivity contribution in [3.63, 3.8) is 0 Å². The van der Waals surface area contributed by atoms with Crippen LogP contribution in [-0.2, 0) is 16.1 Å². The van der Waals surface area contributed by atoms with E-state index >= 15 is 0 Å². The number of methoxy groups -OCH3 is 1. The summed E-state index contributed by atoms with van der Waals surface area (Å²) in [5.41, 5.74) is 0.380. The van der Waals surface area contributed by atoms with Gasteiger partial charge in [-0.1, -0.05) is 27.7 Å². The van der Waals surface area contributed by atoms with Crippen LogP contribution in [0.4, 0.5) is 0 Å². The standard InChI is InChI=1S/C17H15BrN2O4S/c1-10(16(22)23-2)25-17-19-14-6-5-11(18)8-13(14)15(21)20(17)9-12-4-3-7-24-12/h3-8,10H,9H2,1-2H3/t10-/m1/s1. The van der Waals surface area contributed by atoms with Crippen LogP contribution < -0.4 is 5.56 Å². The number of carbonyl (C=O) groups is 1. The molecule has 0 radical (unpaired) electrons. The second-order valence-corrected chi connectivity index (χ2v) is 7.53. The van der Waals surface area contributed by atoms with Crippen molar-refractivity contribution in [3.8, 4) is 0 Å². The monoisotopic (exact) mass is 422 g/mol. The summed E-state index contributed by atoms with van der Waals surface area (Å²) in [5, 5.41) is 0.442. The van der Waals surface area contributed by atoms with Crippen molar-refractivity contribution >= 4 is 44.6 Å². The summed E-state index contributed by atoms with van der Waals surface area (Å²) < 4.78 is 12.4. The van der Waals surface area contributed by atoms with Crippen LogP contribution in [0.15, 0.2) is 55.4 Å².